The van der Waals surface area contributed by atoms with E-state index in [1.165, 1.54) is 14.8 Å². The molecule has 0 saturated heterocycles. The fourth-order valence-electron chi connectivity index (χ4n) is 1.16. The van der Waals surface area contributed by atoms with E-state index in [1.807, 2.05) is 17.5 Å². The lowest BCUT2D eigenvalue weighted by Gasteiger charge is -1.89. The second-order valence-corrected chi connectivity index (χ2v) is 5.06. The number of aromatic nitrogens is 1. The van der Waals surface area contributed by atoms with Crippen LogP contribution in [0.4, 0.5) is 0 Å². The molecule has 0 spiro atoms. The lowest BCUT2D eigenvalue weighted by atomic mass is 10.4. The standard InChI is InChI=1S/C10H11NS2/c1-2-8-7-11-10(13-8)6-9-4-3-5-12-9/h3-5,7H,2,6H2,1H3. The number of nitrogens with zero attached hydrogens (tertiary/aromatic N) is 1. The molecule has 0 saturated carbocycles. The number of thiazole rings is 1. The third-order valence-corrected chi connectivity index (χ3v) is 3.87. The average molecular weight is 209 g/mol. The third kappa shape index (κ3) is 2.17. The highest BCUT2D eigenvalue weighted by Gasteiger charge is 2.01. The Kier molecular flexibility index (Phi) is 2.76. The van der Waals surface area contributed by atoms with Gasteiger partial charge in [-0.1, -0.05) is 13.0 Å². The van der Waals surface area contributed by atoms with Gasteiger partial charge in [-0.2, -0.15) is 0 Å². The van der Waals surface area contributed by atoms with Crippen molar-refractivity contribution in [1.29, 1.82) is 0 Å². The van der Waals surface area contributed by atoms with Gasteiger partial charge in [0.2, 0.25) is 0 Å². The first-order valence-corrected chi connectivity index (χ1v) is 6.04. The van der Waals surface area contributed by atoms with E-state index >= 15 is 0 Å². The second-order valence-electron chi connectivity index (χ2n) is 2.83. The van der Waals surface area contributed by atoms with Crippen LogP contribution in [-0.2, 0) is 12.8 Å². The van der Waals surface area contributed by atoms with Crippen molar-refractivity contribution in [2.24, 2.45) is 0 Å². The van der Waals surface area contributed by atoms with Gasteiger partial charge in [-0.05, 0) is 17.9 Å². The summed E-state index contributed by atoms with van der Waals surface area (Å²) in [6.07, 6.45) is 4.10. The van der Waals surface area contributed by atoms with Gasteiger partial charge in [0, 0.05) is 22.4 Å². The van der Waals surface area contributed by atoms with Crippen LogP contribution >= 0.6 is 22.7 Å². The molecule has 0 aliphatic rings. The van der Waals surface area contributed by atoms with Gasteiger partial charge < -0.3 is 0 Å². The van der Waals surface area contributed by atoms with Gasteiger partial charge in [0.25, 0.3) is 0 Å². The summed E-state index contributed by atoms with van der Waals surface area (Å²) in [5.74, 6) is 0. The zero-order valence-electron chi connectivity index (χ0n) is 7.49. The van der Waals surface area contributed by atoms with E-state index in [9.17, 15) is 0 Å². The van der Waals surface area contributed by atoms with E-state index in [-0.39, 0.29) is 0 Å². The van der Waals surface area contributed by atoms with Crippen molar-refractivity contribution in [3.05, 3.63) is 38.5 Å². The first-order valence-electron chi connectivity index (χ1n) is 4.34. The smallest absolute Gasteiger partial charge is 0.0979 e. The van der Waals surface area contributed by atoms with Crippen LogP contribution in [-0.4, -0.2) is 4.98 Å². The summed E-state index contributed by atoms with van der Waals surface area (Å²) in [6, 6.07) is 4.26. The van der Waals surface area contributed by atoms with E-state index in [0.717, 1.165) is 12.8 Å². The average Bonchev–Trinajstić information content (AvgIpc) is 2.76. The molecule has 0 radical (unpaired) electrons. The summed E-state index contributed by atoms with van der Waals surface area (Å²) >= 11 is 3.63. The van der Waals surface area contributed by atoms with Gasteiger partial charge in [0.1, 0.15) is 0 Å². The van der Waals surface area contributed by atoms with Crippen molar-refractivity contribution in [2.75, 3.05) is 0 Å². The molecule has 2 aromatic heterocycles. The van der Waals surface area contributed by atoms with E-state index in [4.69, 9.17) is 0 Å². The Labute approximate surface area is 86.1 Å². The van der Waals surface area contributed by atoms with Gasteiger partial charge >= 0.3 is 0 Å². The quantitative estimate of drug-likeness (QED) is 0.755. The van der Waals surface area contributed by atoms with Crippen molar-refractivity contribution < 1.29 is 0 Å². The van der Waals surface area contributed by atoms with Crippen molar-refractivity contribution in [3.8, 4) is 0 Å². The van der Waals surface area contributed by atoms with Crippen molar-refractivity contribution in [1.82, 2.24) is 4.98 Å². The summed E-state index contributed by atoms with van der Waals surface area (Å²) < 4.78 is 0. The molecule has 1 nitrogen and oxygen atoms in total. The first kappa shape index (κ1) is 8.91. The molecule has 0 fully saturated rings. The zero-order chi connectivity index (χ0) is 9.10. The Hall–Kier alpha value is -0.670. The largest absolute Gasteiger partial charge is 0.249 e. The number of rotatable bonds is 3. The molecule has 0 amide bonds. The molecule has 2 aromatic rings. The third-order valence-electron chi connectivity index (χ3n) is 1.86. The van der Waals surface area contributed by atoms with E-state index in [2.05, 4.69) is 29.4 Å². The minimum Gasteiger partial charge on any atom is -0.249 e. The molecule has 0 atom stereocenters. The minimum absolute atomic E-state index is 1.00. The Bertz CT molecular complexity index is 362. The van der Waals surface area contributed by atoms with E-state index < -0.39 is 0 Å². The SMILES string of the molecule is CCc1cnc(Cc2cccs2)s1. The number of thiophene rings is 1. The van der Waals surface area contributed by atoms with Crippen LogP contribution in [0, 0.1) is 0 Å². The molecule has 68 valence electrons. The molecular formula is C10H11NS2. The zero-order valence-corrected chi connectivity index (χ0v) is 9.12. The van der Waals surface area contributed by atoms with E-state index in [1.54, 1.807) is 11.3 Å². The highest BCUT2D eigenvalue weighted by atomic mass is 32.1. The second kappa shape index (κ2) is 4.03. The van der Waals surface area contributed by atoms with Crippen LogP contribution in [0.3, 0.4) is 0 Å². The molecule has 0 aliphatic carbocycles. The fourth-order valence-corrected chi connectivity index (χ4v) is 2.84. The van der Waals surface area contributed by atoms with Gasteiger partial charge in [-0.3, -0.25) is 0 Å². The molecule has 0 bridgehead atoms. The van der Waals surface area contributed by atoms with Crippen molar-refractivity contribution in [3.63, 3.8) is 0 Å². The summed E-state index contributed by atoms with van der Waals surface area (Å²) in [6.45, 7) is 2.17. The molecule has 2 rings (SSSR count). The Morgan fingerprint density at radius 2 is 2.31 bits per heavy atom. The van der Waals surface area contributed by atoms with Crippen LogP contribution in [0.1, 0.15) is 21.7 Å². The Morgan fingerprint density at radius 1 is 1.38 bits per heavy atom. The van der Waals surface area contributed by atoms with Gasteiger partial charge in [0.15, 0.2) is 0 Å². The molecule has 3 heteroatoms. The number of hydrogen-bond donors (Lipinski definition) is 0. The topological polar surface area (TPSA) is 12.9 Å². The van der Waals surface area contributed by atoms with E-state index in [0.29, 0.717) is 0 Å². The first-order chi connectivity index (χ1) is 6.38. The van der Waals surface area contributed by atoms with Gasteiger partial charge in [-0.15, -0.1) is 22.7 Å². The highest BCUT2D eigenvalue weighted by Crippen LogP contribution is 2.19. The Balaban J connectivity index is 2.10. The lowest BCUT2D eigenvalue weighted by Crippen LogP contribution is -1.80. The number of hydrogen-bond acceptors (Lipinski definition) is 3. The van der Waals surface area contributed by atoms with Crippen LogP contribution in [0.25, 0.3) is 0 Å². The number of aryl methyl sites for hydroxylation is 1. The normalized spacial score (nSPS) is 10.5. The molecule has 0 aliphatic heterocycles. The summed E-state index contributed by atoms with van der Waals surface area (Å²) in [7, 11) is 0. The maximum Gasteiger partial charge on any atom is 0.0979 e. The van der Waals surface area contributed by atoms with Crippen LogP contribution in [0.2, 0.25) is 0 Å². The van der Waals surface area contributed by atoms with Crippen LogP contribution < -0.4 is 0 Å². The maximum absolute atomic E-state index is 4.39. The molecule has 2 heterocycles. The summed E-state index contributed by atoms with van der Waals surface area (Å²) in [5, 5.41) is 3.35. The highest BCUT2D eigenvalue weighted by molar-refractivity contribution is 7.12. The van der Waals surface area contributed by atoms with Crippen molar-refractivity contribution >= 4 is 22.7 Å². The maximum atomic E-state index is 4.39. The summed E-state index contributed by atoms with van der Waals surface area (Å²) in [5.41, 5.74) is 0. The van der Waals surface area contributed by atoms with Crippen LogP contribution in [0.15, 0.2) is 23.7 Å². The fraction of sp³-hybridized carbons (Fsp3) is 0.300. The lowest BCUT2D eigenvalue weighted by molar-refractivity contribution is 1.14. The van der Waals surface area contributed by atoms with Crippen molar-refractivity contribution in [2.45, 2.75) is 19.8 Å². The molecule has 0 unspecified atom stereocenters. The molecule has 0 N–H and O–H groups in total. The minimum atomic E-state index is 1.00. The summed E-state index contributed by atoms with van der Waals surface area (Å²) in [4.78, 5) is 7.17. The predicted octanol–water partition coefficient (Wildman–Crippen LogP) is 3.36. The molecule has 0 aromatic carbocycles. The Morgan fingerprint density at radius 3 is 2.92 bits per heavy atom. The van der Waals surface area contributed by atoms with Crippen LogP contribution in [0.5, 0.6) is 0 Å². The predicted molar refractivity (Wildman–Crippen MR) is 58.6 cm³/mol. The molecular weight excluding hydrogens is 198 g/mol. The molecule has 13 heavy (non-hydrogen) atoms. The van der Waals surface area contributed by atoms with Gasteiger partial charge in [0.05, 0.1) is 5.01 Å². The van der Waals surface area contributed by atoms with Gasteiger partial charge in [-0.25, -0.2) is 4.98 Å². The monoisotopic (exact) mass is 209 g/mol.